The van der Waals surface area contributed by atoms with Gasteiger partial charge in [0.25, 0.3) is 0 Å². The lowest BCUT2D eigenvalue weighted by Gasteiger charge is -2.13. The third kappa shape index (κ3) is 3.39. The molecule has 0 aliphatic carbocycles. The molecule has 1 N–H and O–H groups in total. The summed E-state index contributed by atoms with van der Waals surface area (Å²) in [7, 11) is 0. The Labute approximate surface area is 154 Å². The predicted molar refractivity (Wildman–Crippen MR) is 100 cm³/mol. The lowest BCUT2D eigenvalue weighted by molar-refractivity contribution is 0.483. The standard InChI is InChI=1S/C21H13FN4O/c22-21-18(12-23)20(17-9-10-24-13-19(17)26-21)25-14-5-4-8-16(11-14)27-15-6-2-1-3-7-15/h1-11,13H,(H,25,26). The van der Waals surface area contributed by atoms with E-state index in [9.17, 15) is 9.65 Å². The number of rotatable bonds is 4. The molecule has 4 aromatic rings. The van der Waals surface area contributed by atoms with Crippen LogP contribution in [0.4, 0.5) is 15.8 Å². The van der Waals surface area contributed by atoms with E-state index in [1.54, 1.807) is 18.3 Å². The van der Waals surface area contributed by atoms with Gasteiger partial charge in [-0.2, -0.15) is 9.65 Å². The number of para-hydroxylation sites is 1. The van der Waals surface area contributed by atoms with Gasteiger partial charge in [0.05, 0.1) is 17.4 Å². The van der Waals surface area contributed by atoms with Crippen LogP contribution in [0.1, 0.15) is 5.56 Å². The summed E-state index contributed by atoms with van der Waals surface area (Å²) in [5, 5.41) is 13.1. The topological polar surface area (TPSA) is 70.8 Å². The molecule has 0 amide bonds. The van der Waals surface area contributed by atoms with E-state index in [1.807, 2.05) is 54.6 Å². The van der Waals surface area contributed by atoms with Crippen molar-refractivity contribution >= 4 is 22.3 Å². The van der Waals surface area contributed by atoms with Crippen molar-refractivity contribution in [3.05, 3.63) is 84.6 Å². The normalized spacial score (nSPS) is 10.4. The van der Waals surface area contributed by atoms with Crippen LogP contribution in [0, 0.1) is 17.3 Å². The Hall–Kier alpha value is -3.98. The fraction of sp³-hybridized carbons (Fsp3) is 0. The van der Waals surface area contributed by atoms with Crippen LogP contribution in [0.25, 0.3) is 10.9 Å². The number of anilines is 2. The van der Waals surface area contributed by atoms with Crippen LogP contribution in [0.3, 0.4) is 0 Å². The minimum Gasteiger partial charge on any atom is -0.457 e. The van der Waals surface area contributed by atoms with Crippen LogP contribution in [-0.2, 0) is 0 Å². The third-order valence-electron chi connectivity index (χ3n) is 3.94. The third-order valence-corrected chi connectivity index (χ3v) is 3.94. The summed E-state index contributed by atoms with van der Waals surface area (Å²) in [5.74, 6) is 0.487. The zero-order chi connectivity index (χ0) is 18.6. The number of hydrogen-bond donors (Lipinski definition) is 1. The molecular weight excluding hydrogens is 343 g/mol. The van der Waals surface area contributed by atoms with Crippen LogP contribution in [-0.4, -0.2) is 9.97 Å². The summed E-state index contributed by atoms with van der Waals surface area (Å²) in [4.78, 5) is 7.76. The molecule has 6 heteroatoms. The molecule has 0 aliphatic rings. The van der Waals surface area contributed by atoms with Gasteiger partial charge in [-0.25, -0.2) is 4.98 Å². The van der Waals surface area contributed by atoms with Gasteiger partial charge in [0.15, 0.2) is 0 Å². The number of nitrogens with zero attached hydrogens (tertiary/aromatic N) is 3. The lowest BCUT2D eigenvalue weighted by Crippen LogP contribution is -2.01. The van der Waals surface area contributed by atoms with Crippen LogP contribution in [0.5, 0.6) is 11.5 Å². The summed E-state index contributed by atoms with van der Waals surface area (Å²) in [6.45, 7) is 0. The highest BCUT2D eigenvalue weighted by atomic mass is 19.1. The molecule has 2 aromatic carbocycles. The average Bonchev–Trinajstić information content (AvgIpc) is 2.69. The Kier molecular flexibility index (Phi) is 4.33. The largest absolute Gasteiger partial charge is 0.457 e. The van der Waals surface area contributed by atoms with Gasteiger partial charge in [0.1, 0.15) is 23.1 Å². The molecule has 0 atom stereocenters. The Bertz CT molecular complexity index is 1160. The first-order chi connectivity index (χ1) is 13.2. The highest BCUT2D eigenvalue weighted by Crippen LogP contribution is 2.31. The Morgan fingerprint density at radius 3 is 2.63 bits per heavy atom. The first kappa shape index (κ1) is 16.5. The van der Waals surface area contributed by atoms with Crippen LogP contribution in [0.2, 0.25) is 0 Å². The van der Waals surface area contributed by atoms with Crippen molar-refractivity contribution in [2.75, 3.05) is 5.32 Å². The Morgan fingerprint density at radius 2 is 1.81 bits per heavy atom. The maximum atomic E-state index is 14.2. The van der Waals surface area contributed by atoms with Gasteiger partial charge in [0, 0.05) is 23.3 Å². The SMILES string of the molecule is N#Cc1c(F)nc2cnccc2c1Nc1cccc(Oc2ccccc2)c1. The Morgan fingerprint density at radius 1 is 1.00 bits per heavy atom. The van der Waals surface area contributed by atoms with Crippen LogP contribution < -0.4 is 10.1 Å². The number of halogens is 1. The molecule has 27 heavy (non-hydrogen) atoms. The van der Waals surface area contributed by atoms with Crippen molar-refractivity contribution in [2.45, 2.75) is 0 Å². The molecule has 2 heterocycles. The van der Waals surface area contributed by atoms with Gasteiger partial charge in [-0.15, -0.1) is 0 Å². The summed E-state index contributed by atoms with van der Waals surface area (Å²) >= 11 is 0. The predicted octanol–water partition coefficient (Wildman–Crippen LogP) is 5.18. The molecule has 0 fully saturated rings. The number of aromatic nitrogens is 2. The summed E-state index contributed by atoms with van der Waals surface area (Å²) in [5.41, 5.74) is 1.22. The van der Waals surface area contributed by atoms with Gasteiger partial charge in [-0.3, -0.25) is 4.98 Å². The second kappa shape index (κ2) is 7.10. The molecule has 0 saturated carbocycles. The minimum absolute atomic E-state index is 0.150. The van der Waals surface area contributed by atoms with Gasteiger partial charge in [-0.05, 0) is 30.3 Å². The van der Waals surface area contributed by atoms with E-state index in [2.05, 4.69) is 15.3 Å². The monoisotopic (exact) mass is 356 g/mol. The van der Waals surface area contributed by atoms with Crippen molar-refractivity contribution in [2.24, 2.45) is 0 Å². The van der Waals surface area contributed by atoms with Crippen molar-refractivity contribution < 1.29 is 9.13 Å². The zero-order valence-electron chi connectivity index (χ0n) is 14.1. The lowest BCUT2D eigenvalue weighted by atomic mass is 10.1. The van der Waals surface area contributed by atoms with E-state index in [0.29, 0.717) is 33.8 Å². The number of nitriles is 1. The fourth-order valence-corrected chi connectivity index (χ4v) is 2.72. The van der Waals surface area contributed by atoms with Gasteiger partial charge in [-0.1, -0.05) is 24.3 Å². The number of benzene rings is 2. The molecule has 2 aromatic heterocycles. The number of pyridine rings is 2. The van der Waals surface area contributed by atoms with Crippen molar-refractivity contribution in [3.63, 3.8) is 0 Å². The van der Waals surface area contributed by atoms with E-state index in [0.717, 1.165) is 0 Å². The van der Waals surface area contributed by atoms with E-state index in [4.69, 9.17) is 4.74 Å². The quantitative estimate of drug-likeness (QED) is 0.510. The van der Waals surface area contributed by atoms with Gasteiger partial charge in [0.2, 0.25) is 5.95 Å². The molecule has 0 unspecified atom stereocenters. The first-order valence-electron chi connectivity index (χ1n) is 8.18. The van der Waals surface area contributed by atoms with Crippen molar-refractivity contribution in [3.8, 4) is 17.6 Å². The molecular formula is C21H13FN4O. The van der Waals surface area contributed by atoms with E-state index in [-0.39, 0.29) is 5.56 Å². The van der Waals surface area contributed by atoms with Crippen LogP contribution >= 0.6 is 0 Å². The summed E-state index contributed by atoms with van der Waals surface area (Å²) in [6.07, 6.45) is 3.03. The van der Waals surface area contributed by atoms with Gasteiger partial charge < -0.3 is 10.1 Å². The van der Waals surface area contributed by atoms with Gasteiger partial charge >= 0.3 is 0 Å². The first-order valence-corrected chi connectivity index (χ1v) is 8.18. The molecule has 4 rings (SSSR count). The summed E-state index contributed by atoms with van der Waals surface area (Å²) < 4.78 is 20.0. The molecule has 0 bridgehead atoms. The van der Waals surface area contributed by atoms with Crippen molar-refractivity contribution in [1.29, 1.82) is 5.26 Å². The van der Waals surface area contributed by atoms with E-state index < -0.39 is 5.95 Å². The molecule has 0 aliphatic heterocycles. The van der Waals surface area contributed by atoms with E-state index in [1.165, 1.54) is 6.20 Å². The molecule has 0 spiro atoms. The smallest absolute Gasteiger partial charge is 0.233 e. The summed E-state index contributed by atoms with van der Waals surface area (Å²) in [6, 6.07) is 20.2. The van der Waals surface area contributed by atoms with E-state index >= 15 is 0 Å². The number of ether oxygens (including phenoxy) is 1. The number of nitrogens with one attached hydrogen (secondary N) is 1. The number of fused-ring (bicyclic) bond motifs is 1. The molecule has 130 valence electrons. The average molecular weight is 356 g/mol. The maximum absolute atomic E-state index is 14.2. The molecule has 0 radical (unpaired) electrons. The molecule has 5 nitrogen and oxygen atoms in total. The Balaban J connectivity index is 1.73. The second-order valence-electron chi connectivity index (χ2n) is 5.73. The zero-order valence-corrected chi connectivity index (χ0v) is 14.1. The number of hydrogen-bond acceptors (Lipinski definition) is 5. The maximum Gasteiger partial charge on any atom is 0.233 e. The highest BCUT2D eigenvalue weighted by molar-refractivity contribution is 5.95. The second-order valence-corrected chi connectivity index (χ2v) is 5.73. The minimum atomic E-state index is -0.836. The van der Waals surface area contributed by atoms with Crippen LogP contribution in [0.15, 0.2) is 73.1 Å². The fourth-order valence-electron chi connectivity index (χ4n) is 2.72. The van der Waals surface area contributed by atoms with Crippen molar-refractivity contribution in [1.82, 2.24) is 9.97 Å². The highest BCUT2D eigenvalue weighted by Gasteiger charge is 2.15. The molecule has 0 saturated heterocycles.